The molecule has 5 N–H and O–H groups in total. The third kappa shape index (κ3) is 7.45. The van der Waals surface area contributed by atoms with E-state index in [1.807, 2.05) is 29.1 Å². The number of anilines is 1. The minimum Gasteiger partial charge on any atom is -0.543 e. The summed E-state index contributed by atoms with van der Waals surface area (Å²) >= 11 is 2.43. The first-order valence-electron chi connectivity index (χ1n) is 16.5. The van der Waals surface area contributed by atoms with Gasteiger partial charge in [-0.15, -0.1) is 23.1 Å². The lowest BCUT2D eigenvalue weighted by molar-refractivity contribution is -0.687. The van der Waals surface area contributed by atoms with Crippen LogP contribution in [0.4, 0.5) is 9.52 Å². The fraction of sp³-hybridized carbons (Fsp3) is 0.324. The van der Waals surface area contributed by atoms with Crippen LogP contribution in [0.3, 0.4) is 0 Å². The van der Waals surface area contributed by atoms with Gasteiger partial charge in [0.15, 0.2) is 29.8 Å². The number of ether oxygens (including phenoxy) is 1. The van der Waals surface area contributed by atoms with Crippen LogP contribution in [0.1, 0.15) is 29.7 Å². The summed E-state index contributed by atoms with van der Waals surface area (Å²) < 4.78 is 24.2. The SMILES string of the molecule is CO/N=C(\C(=O)N[C@@H]1C(=O)N2C(C(=O)[O-])=C(C[n+]3ccc4c(ccn4Cc4ccc(C(=N)NOC5CCOCC5)cc4F)c3)CS[C@H]12)c1csc(N)n1. The molecule has 6 heterocycles. The number of thiazole rings is 1. The molecule has 2 atom stereocenters. The second kappa shape index (κ2) is 15.3. The van der Waals surface area contributed by atoms with Gasteiger partial charge < -0.3 is 35.1 Å². The molecule has 2 fully saturated rings. The molecular weight excluding hydrogens is 730 g/mol. The number of aliphatic carboxylic acids is 1. The number of nitrogen functional groups attached to an aromatic ring is 1. The standard InChI is InChI=1S/C34H34FN9O7S2/c1-49-40-26(24-17-53-34(37)38-24)30(45)39-27-31(46)44-28(33(47)48)21(16-52-32(27)44)14-42-8-5-25-20(13-42)4-9-43(25)15-19-3-2-18(12-23(19)35)29(36)41-51-22-6-10-50-11-7-22/h2-5,8-9,12-13,17,22,27,32H,6-7,10-11,14-16H2,1H3,(H5-,36,37,38,39,41,45,47,48)/b40-26-/t27-,32-/m1/s1. The van der Waals surface area contributed by atoms with Gasteiger partial charge in [0.25, 0.3) is 11.8 Å². The van der Waals surface area contributed by atoms with Crippen molar-refractivity contribution >= 4 is 68.5 Å². The molecule has 0 bridgehead atoms. The summed E-state index contributed by atoms with van der Waals surface area (Å²) in [5, 5.41) is 28.9. The number of fused-ring (bicyclic) bond motifs is 2. The molecule has 0 spiro atoms. The van der Waals surface area contributed by atoms with E-state index in [-0.39, 0.29) is 53.0 Å². The Bertz CT molecular complexity index is 2160. The average molecular weight is 764 g/mol. The normalized spacial score (nSPS) is 19.2. The van der Waals surface area contributed by atoms with Crippen LogP contribution < -0.4 is 26.2 Å². The Morgan fingerprint density at radius 2 is 2.08 bits per heavy atom. The molecule has 3 aliphatic heterocycles. The highest BCUT2D eigenvalue weighted by molar-refractivity contribution is 8.00. The average Bonchev–Trinajstić information content (AvgIpc) is 3.77. The van der Waals surface area contributed by atoms with Crippen LogP contribution in [-0.2, 0) is 41.9 Å². The Morgan fingerprint density at radius 3 is 2.79 bits per heavy atom. The van der Waals surface area contributed by atoms with Crippen LogP contribution in [0, 0.1) is 11.2 Å². The highest BCUT2D eigenvalue weighted by Gasteiger charge is 2.53. The predicted octanol–water partition coefficient (Wildman–Crippen LogP) is 0.635. The van der Waals surface area contributed by atoms with Gasteiger partial charge in [0, 0.05) is 53.3 Å². The molecule has 2 amide bonds. The van der Waals surface area contributed by atoms with Crippen molar-refractivity contribution in [2.24, 2.45) is 5.16 Å². The smallest absolute Gasteiger partial charge is 0.276 e. The molecule has 3 aromatic heterocycles. The number of nitrogens with zero attached hydrogens (tertiary/aromatic N) is 5. The molecule has 0 unspecified atom stereocenters. The third-order valence-electron chi connectivity index (χ3n) is 9.01. The lowest BCUT2D eigenvalue weighted by Gasteiger charge is -2.50. The van der Waals surface area contributed by atoms with Crippen molar-refractivity contribution in [1.29, 1.82) is 5.41 Å². The lowest BCUT2D eigenvalue weighted by Crippen LogP contribution is -2.71. The zero-order valence-electron chi connectivity index (χ0n) is 28.2. The number of carboxylic acids is 1. The van der Waals surface area contributed by atoms with Crippen molar-refractivity contribution in [2.45, 2.75) is 43.5 Å². The van der Waals surface area contributed by atoms with Gasteiger partial charge in [-0.1, -0.05) is 17.3 Å². The van der Waals surface area contributed by atoms with Gasteiger partial charge in [-0.3, -0.25) is 24.7 Å². The van der Waals surface area contributed by atoms with E-state index < -0.39 is 35.0 Å². The largest absolute Gasteiger partial charge is 0.543 e. The summed E-state index contributed by atoms with van der Waals surface area (Å²) in [7, 11) is 1.26. The number of amides is 2. The maximum Gasteiger partial charge on any atom is 0.276 e. The number of pyridine rings is 1. The van der Waals surface area contributed by atoms with E-state index >= 15 is 4.39 Å². The Labute approximate surface area is 309 Å². The minimum absolute atomic E-state index is 0.0350. The second-order valence-electron chi connectivity index (χ2n) is 12.4. The quantitative estimate of drug-likeness (QED) is 0.0517. The molecular formula is C34H34FN9O7S2. The fourth-order valence-electron chi connectivity index (χ4n) is 6.35. The van der Waals surface area contributed by atoms with Crippen molar-refractivity contribution in [2.75, 3.05) is 31.8 Å². The van der Waals surface area contributed by atoms with Gasteiger partial charge in [0.2, 0.25) is 0 Å². The Morgan fingerprint density at radius 1 is 1.26 bits per heavy atom. The highest BCUT2D eigenvalue weighted by atomic mass is 32.2. The number of nitrogens with one attached hydrogen (secondary N) is 3. The van der Waals surface area contributed by atoms with Gasteiger partial charge in [0.05, 0.1) is 35.2 Å². The number of β-lactam (4-membered cyclic amide) rings is 1. The van der Waals surface area contributed by atoms with Crippen LogP contribution in [0.5, 0.6) is 0 Å². The number of hydrogen-bond acceptors (Lipinski definition) is 13. The van der Waals surface area contributed by atoms with E-state index in [4.69, 9.17) is 25.6 Å². The molecule has 53 heavy (non-hydrogen) atoms. The third-order valence-corrected chi connectivity index (χ3v) is 11.0. The molecule has 276 valence electrons. The monoisotopic (exact) mass is 763 g/mol. The predicted molar refractivity (Wildman–Crippen MR) is 190 cm³/mol. The molecule has 16 nitrogen and oxygen atoms in total. The van der Waals surface area contributed by atoms with Gasteiger partial charge in [-0.05, 0) is 25.0 Å². The number of carbonyl (C=O) groups is 3. The van der Waals surface area contributed by atoms with E-state index in [9.17, 15) is 19.5 Å². The number of benzene rings is 1. The van der Waals surface area contributed by atoms with Crippen LogP contribution in [0.25, 0.3) is 10.9 Å². The number of hydroxylamine groups is 1. The van der Waals surface area contributed by atoms with E-state index in [1.54, 1.807) is 22.9 Å². The Kier molecular flexibility index (Phi) is 10.4. The molecule has 1 aromatic carbocycles. The topological polar surface area (TPSA) is 213 Å². The molecule has 3 aliphatic rings. The number of carboxylic acid groups (broad SMARTS) is 1. The van der Waals surface area contributed by atoms with E-state index in [0.29, 0.717) is 29.9 Å². The first-order valence-corrected chi connectivity index (χ1v) is 18.4. The van der Waals surface area contributed by atoms with Crippen molar-refractivity contribution in [3.63, 3.8) is 0 Å². The molecule has 0 saturated carbocycles. The minimum atomic E-state index is -1.50. The number of halogens is 1. The van der Waals surface area contributed by atoms with Gasteiger partial charge in [0.1, 0.15) is 35.9 Å². The number of hydrogen-bond donors (Lipinski definition) is 4. The van der Waals surface area contributed by atoms with Crippen LogP contribution in [0.15, 0.2) is 70.7 Å². The fourth-order valence-corrected chi connectivity index (χ4v) is 8.24. The van der Waals surface area contributed by atoms with Crippen LogP contribution in [0.2, 0.25) is 0 Å². The molecule has 0 aliphatic carbocycles. The van der Waals surface area contributed by atoms with E-state index in [1.165, 1.54) is 30.3 Å². The van der Waals surface area contributed by atoms with Gasteiger partial charge >= 0.3 is 0 Å². The molecule has 19 heteroatoms. The number of amidine groups is 1. The molecule has 7 rings (SSSR count). The zero-order valence-corrected chi connectivity index (χ0v) is 29.9. The van der Waals surface area contributed by atoms with Crippen molar-refractivity contribution in [1.82, 2.24) is 25.2 Å². The van der Waals surface area contributed by atoms with Gasteiger partial charge in [-0.2, -0.15) is 0 Å². The number of oxime groups is 1. The lowest BCUT2D eigenvalue weighted by atomic mass is 10.0. The maximum absolute atomic E-state index is 15.2. The Hall–Kier alpha value is -5.37. The Balaban J connectivity index is 1.01. The second-order valence-corrected chi connectivity index (χ2v) is 14.4. The van der Waals surface area contributed by atoms with E-state index in [2.05, 4.69) is 20.9 Å². The number of rotatable bonds is 12. The van der Waals surface area contributed by atoms with Crippen molar-refractivity contribution in [3.05, 3.63) is 88.2 Å². The molecule has 2 saturated heterocycles. The number of carbonyl (C=O) groups excluding carboxylic acids is 3. The zero-order chi connectivity index (χ0) is 37.2. The van der Waals surface area contributed by atoms with E-state index in [0.717, 1.165) is 40.0 Å². The first kappa shape index (κ1) is 36.0. The molecule has 0 radical (unpaired) electrons. The highest BCUT2D eigenvalue weighted by Crippen LogP contribution is 2.40. The van der Waals surface area contributed by atoms with Gasteiger partial charge in [-0.25, -0.2) is 19.4 Å². The first-order chi connectivity index (χ1) is 25.6. The summed E-state index contributed by atoms with van der Waals surface area (Å²) in [5.41, 5.74) is 10.2. The van der Waals surface area contributed by atoms with Crippen LogP contribution in [-0.4, -0.2) is 87.4 Å². The number of thioether (sulfide) groups is 1. The van der Waals surface area contributed by atoms with Crippen molar-refractivity contribution in [3.8, 4) is 0 Å². The number of aromatic nitrogens is 3. The van der Waals surface area contributed by atoms with Crippen molar-refractivity contribution < 1.29 is 42.9 Å². The summed E-state index contributed by atoms with van der Waals surface area (Å²) in [6.07, 6.45) is 6.83. The summed E-state index contributed by atoms with van der Waals surface area (Å²) in [4.78, 5) is 54.3. The van der Waals surface area contributed by atoms with Crippen LogP contribution >= 0.6 is 23.1 Å². The summed E-state index contributed by atoms with van der Waals surface area (Å²) in [6, 6.07) is 7.33. The summed E-state index contributed by atoms with van der Waals surface area (Å²) in [6.45, 7) is 1.60. The maximum atomic E-state index is 15.2. The number of nitrogens with two attached hydrogens (primary N) is 1. The molecule has 4 aromatic rings. The summed E-state index contributed by atoms with van der Waals surface area (Å²) in [5.74, 6) is -3.05.